The van der Waals surface area contributed by atoms with Crippen molar-refractivity contribution in [1.82, 2.24) is 10.3 Å². The first-order valence-electron chi connectivity index (χ1n) is 5.01. The number of hydrogen-bond donors (Lipinski definition) is 1. The van der Waals surface area contributed by atoms with Crippen molar-refractivity contribution in [1.29, 1.82) is 0 Å². The molecule has 1 atom stereocenters. The first kappa shape index (κ1) is 10.6. The highest BCUT2D eigenvalue weighted by Crippen LogP contribution is 2.14. The van der Waals surface area contributed by atoms with Crippen molar-refractivity contribution in [3.05, 3.63) is 30.1 Å². The number of nitrogens with zero attached hydrogens (tertiary/aromatic N) is 1. The molecule has 4 nitrogen and oxygen atoms in total. The van der Waals surface area contributed by atoms with Crippen molar-refractivity contribution in [3.8, 4) is 0 Å². The van der Waals surface area contributed by atoms with Crippen LogP contribution in [-0.4, -0.2) is 31.7 Å². The van der Waals surface area contributed by atoms with Crippen molar-refractivity contribution in [3.63, 3.8) is 0 Å². The summed E-state index contributed by atoms with van der Waals surface area (Å²) in [6, 6.07) is 5.35. The standard InChI is InChI=1S/C10H14N2O2S/c13-15(14,10-4-6-11-7-10)8-9-3-1-2-5-12-9/h1-3,5,10-11H,4,6-8H2/t10-/m1/s1. The summed E-state index contributed by atoms with van der Waals surface area (Å²) < 4.78 is 23.8. The highest BCUT2D eigenvalue weighted by atomic mass is 32.2. The van der Waals surface area contributed by atoms with E-state index >= 15 is 0 Å². The van der Waals surface area contributed by atoms with E-state index in [4.69, 9.17) is 0 Å². The summed E-state index contributed by atoms with van der Waals surface area (Å²) in [6.07, 6.45) is 2.34. The van der Waals surface area contributed by atoms with Crippen LogP contribution in [0.25, 0.3) is 0 Å². The van der Waals surface area contributed by atoms with E-state index in [1.54, 1.807) is 18.3 Å². The van der Waals surface area contributed by atoms with E-state index in [0.29, 0.717) is 12.2 Å². The third-order valence-electron chi connectivity index (χ3n) is 2.60. The Balaban J connectivity index is 2.11. The van der Waals surface area contributed by atoms with Gasteiger partial charge in [-0.05, 0) is 25.1 Å². The SMILES string of the molecule is O=S(=O)(Cc1ccccn1)[C@@H]1CCNC1. The molecule has 0 aromatic carbocycles. The van der Waals surface area contributed by atoms with Crippen molar-refractivity contribution in [2.75, 3.05) is 13.1 Å². The molecule has 82 valence electrons. The number of sulfone groups is 1. The van der Waals surface area contributed by atoms with E-state index in [1.807, 2.05) is 6.07 Å². The third kappa shape index (κ3) is 2.54. The van der Waals surface area contributed by atoms with Crippen molar-refractivity contribution in [2.45, 2.75) is 17.4 Å². The van der Waals surface area contributed by atoms with Crippen LogP contribution in [0.2, 0.25) is 0 Å². The number of hydrogen-bond acceptors (Lipinski definition) is 4. The first-order chi connectivity index (χ1) is 7.18. The zero-order valence-electron chi connectivity index (χ0n) is 8.39. The predicted octanol–water partition coefficient (Wildman–Crippen LogP) is 0.358. The van der Waals surface area contributed by atoms with Gasteiger partial charge in [0.2, 0.25) is 0 Å². The molecule has 0 saturated carbocycles. The quantitative estimate of drug-likeness (QED) is 0.808. The van der Waals surface area contributed by atoms with Crippen LogP contribution in [0.15, 0.2) is 24.4 Å². The molecule has 0 radical (unpaired) electrons. The molecule has 0 bridgehead atoms. The number of rotatable bonds is 3. The average Bonchev–Trinajstić information content (AvgIpc) is 2.71. The Kier molecular flexibility index (Phi) is 3.02. The fourth-order valence-corrected chi connectivity index (χ4v) is 3.41. The zero-order chi connectivity index (χ0) is 10.7. The van der Waals surface area contributed by atoms with Gasteiger partial charge in [0.25, 0.3) is 0 Å². The molecule has 0 spiro atoms. The van der Waals surface area contributed by atoms with Crippen LogP contribution in [0.1, 0.15) is 12.1 Å². The van der Waals surface area contributed by atoms with E-state index in [0.717, 1.165) is 13.0 Å². The van der Waals surface area contributed by atoms with Crippen LogP contribution in [0.5, 0.6) is 0 Å². The summed E-state index contributed by atoms with van der Waals surface area (Å²) in [5.41, 5.74) is 0.629. The van der Waals surface area contributed by atoms with E-state index in [2.05, 4.69) is 10.3 Å². The van der Waals surface area contributed by atoms with Gasteiger partial charge in [-0.15, -0.1) is 0 Å². The fraction of sp³-hybridized carbons (Fsp3) is 0.500. The van der Waals surface area contributed by atoms with Crippen molar-refractivity contribution in [2.24, 2.45) is 0 Å². The zero-order valence-corrected chi connectivity index (χ0v) is 9.20. The van der Waals surface area contributed by atoms with E-state index < -0.39 is 9.84 Å². The van der Waals surface area contributed by atoms with Crippen LogP contribution in [0, 0.1) is 0 Å². The second kappa shape index (κ2) is 4.28. The molecule has 0 unspecified atom stereocenters. The number of nitrogens with one attached hydrogen (secondary N) is 1. The lowest BCUT2D eigenvalue weighted by Gasteiger charge is -2.09. The second-order valence-corrected chi connectivity index (χ2v) is 6.02. The summed E-state index contributed by atoms with van der Waals surface area (Å²) in [7, 11) is -3.04. The largest absolute Gasteiger partial charge is 0.315 e. The summed E-state index contributed by atoms with van der Waals surface area (Å²) in [4.78, 5) is 4.04. The van der Waals surface area contributed by atoms with Crippen LogP contribution in [0.4, 0.5) is 0 Å². The minimum absolute atomic E-state index is 0.0557. The molecule has 1 aromatic rings. The van der Waals surface area contributed by atoms with Gasteiger partial charge in [0.15, 0.2) is 9.84 Å². The lowest BCUT2D eigenvalue weighted by Crippen LogP contribution is -2.25. The van der Waals surface area contributed by atoms with Gasteiger partial charge in [-0.1, -0.05) is 6.07 Å². The Morgan fingerprint density at radius 2 is 2.33 bits per heavy atom. The van der Waals surface area contributed by atoms with E-state index in [-0.39, 0.29) is 11.0 Å². The van der Waals surface area contributed by atoms with Gasteiger partial charge in [0.05, 0.1) is 16.7 Å². The van der Waals surface area contributed by atoms with Gasteiger partial charge in [-0.3, -0.25) is 4.98 Å². The molecule has 1 saturated heterocycles. The van der Waals surface area contributed by atoms with Crippen molar-refractivity contribution >= 4 is 9.84 Å². The minimum Gasteiger partial charge on any atom is -0.315 e. The molecule has 1 fully saturated rings. The molecular formula is C10H14N2O2S. The summed E-state index contributed by atoms with van der Waals surface area (Å²) >= 11 is 0. The maximum Gasteiger partial charge on any atom is 0.160 e. The normalized spacial score (nSPS) is 21.7. The lowest BCUT2D eigenvalue weighted by molar-refractivity contribution is 0.581. The molecule has 0 amide bonds. The molecule has 1 aromatic heterocycles. The molecular weight excluding hydrogens is 212 g/mol. The molecule has 15 heavy (non-hydrogen) atoms. The Bertz CT molecular complexity index is 410. The predicted molar refractivity (Wildman–Crippen MR) is 58.1 cm³/mol. The smallest absolute Gasteiger partial charge is 0.160 e. The average molecular weight is 226 g/mol. The van der Waals surface area contributed by atoms with Gasteiger partial charge >= 0.3 is 0 Å². The fourth-order valence-electron chi connectivity index (χ4n) is 1.74. The van der Waals surface area contributed by atoms with Gasteiger partial charge in [0, 0.05) is 12.7 Å². The first-order valence-corrected chi connectivity index (χ1v) is 6.72. The lowest BCUT2D eigenvalue weighted by atomic mass is 10.4. The van der Waals surface area contributed by atoms with E-state index in [1.165, 1.54) is 0 Å². The summed E-state index contributed by atoms with van der Waals surface area (Å²) in [5.74, 6) is 0.0557. The van der Waals surface area contributed by atoms with Gasteiger partial charge < -0.3 is 5.32 Å². The second-order valence-electron chi connectivity index (χ2n) is 3.74. The highest BCUT2D eigenvalue weighted by molar-refractivity contribution is 7.91. The molecule has 1 N–H and O–H groups in total. The van der Waals surface area contributed by atoms with Crippen LogP contribution >= 0.6 is 0 Å². The molecule has 1 aliphatic heterocycles. The molecule has 2 rings (SSSR count). The number of aromatic nitrogens is 1. The summed E-state index contributed by atoms with van der Waals surface area (Å²) in [5, 5.41) is 2.83. The van der Waals surface area contributed by atoms with Crippen LogP contribution in [-0.2, 0) is 15.6 Å². The van der Waals surface area contributed by atoms with Crippen LogP contribution < -0.4 is 5.32 Å². The maximum absolute atomic E-state index is 11.9. The Morgan fingerprint density at radius 3 is 2.93 bits per heavy atom. The summed E-state index contributed by atoms with van der Waals surface area (Å²) in [6.45, 7) is 1.38. The molecule has 0 aliphatic carbocycles. The van der Waals surface area contributed by atoms with Crippen LogP contribution in [0.3, 0.4) is 0 Å². The Morgan fingerprint density at radius 1 is 1.47 bits per heavy atom. The third-order valence-corrected chi connectivity index (χ3v) is 4.71. The Labute approximate surface area is 89.6 Å². The topological polar surface area (TPSA) is 59.1 Å². The minimum atomic E-state index is -3.04. The van der Waals surface area contributed by atoms with E-state index in [9.17, 15) is 8.42 Å². The monoisotopic (exact) mass is 226 g/mol. The molecule has 1 aliphatic rings. The Hall–Kier alpha value is -0.940. The van der Waals surface area contributed by atoms with Crippen molar-refractivity contribution < 1.29 is 8.42 Å². The number of pyridine rings is 1. The maximum atomic E-state index is 11.9. The van der Waals surface area contributed by atoms with Gasteiger partial charge in [-0.2, -0.15) is 0 Å². The molecule has 2 heterocycles. The molecule has 5 heteroatoms. The van der Waals surface area contributed by atoms with Gasteiger partial charge in [0.1, 0.15) is 0 Å². The highest BCUT2D eigenvalue weighted by Gasteiger charge is 2.28. The van der Waals surface area contributed by atoms with Gasteiger partial charge in [-0.25, -0.2) is 8.42 Å².